The summed E-state index contributed by atoms with van der Waals surface area (Å²) >= 11 is 0. The van der Waals surface area contributed by atoms with Crippen LogP contribution in [-0.4, -0.2) is 0 Å². The fourth-order valence-electron chi connectivity index (χ4n) is 3.79. The van der Waals surface area contributed by atoms with Gasteiger partial charge in [-0.05, 0) is 42.9 Å². The van der Waals surface area contributed by atoms with Crippen molar-refractivity contribution in [3.63, 3.8) is 0 Å². The molecule has 149 valence electrons. The summed E-state index contributed by atoms with van der Waals surface area (Å²) in [7, 11) is 0. The normalized spacial score (nSPS) is 11.2. The molecule has 0 aliphatic carbocycles. The lowest BCUT2D eigenvalue weighted by Gasteiger charge is -2.06. The average molecular weight is 358 g/mol. The smallest absolute Gasteiger partial charge is 0.0178 e. The van der Waals surface area contributed by atoms with Crippen LogP contribution in [0.4, 0.5) is 0 Å². The lowest BCUT2D eigenvalue weighted by molar-refractivity contribution is 0.574. The molecule has 0 saturated heterocycles. The Hall–Kier alpha value is -0.780. The van der Waals surface area contributed by atoms with Crippen molar-refractivity contribution >= 4 is 0 Å². The van der Waals surface area contributed by atoms with Gasteiger partial charge in [0.15, 0.2) is 0 Å². The third-order valence-electron chi connectivity index (χ3n) is 5.55. The zero-order chi connectivity index (χ0) is 18.7. The topological polar surface area (TPSA) is 0 Å². The van der Waals surface area contributed by atoms with Crippen molar-refractivity contribution in [3.05, 3.63) is 35.4 Å². The molecular formula is C26H45. The average Bonchev–Trinajstić information content (AvgIpc) is 2.66. The Morgan fingerprint density at radius 2 is 0.846 bits per heavy atom. The van der Waals surface area contributed by atoms with Crippen LogP contribution in [-0.2, 0) is 12.8 Å². The van der Waals surface area contributed by atoms with E-state index < -0.39 is 0 Å². The molecule has 0 bridgehead atoms. The Labute approximate surface area is 165 Å². The molecule has 0 spiro atoms. The van der Waals surface area contributed by atoms with E-state index in [1.54, 1.807) is 0 Å². The zero-order valence-electron chi connectivity index (χ0n) is 18.0. The third-order valence-corrected chi connectivity index (χ3v) is 5.55. The minimum atomic E-state index is 1.25. The summed E-state index contributed by atoms with van der Waals surface area (Å²) in [6.45, 7) is 4.58. The van der Waals surface area contributed by atoms with Gasteiger partial charge >= 0.3 is 0 Å². The van der Waals surface area contributed by atoms with Gasteiger partial charge in [-0.25, -0.2) is 0 Å². The quantitative estimate of drug-likeness (QED) is 0.230. The summed E-state index contributed by atoms with van der Waals surface area (Å²) in [6, 6.07) is 10.2. The van der Waals surface area contributed by atoms with Crippen LogP contribution in [0.1, 0.15) is 128 Å². The van der Waals surface area contributed by atoms with Crippen LogP contribution in [0.5, 0.6) is 0 Å². The summed E-state index contributed by atoms with van der Waals surface area (Å²) in [5, 5.41) is 0. The molecule has 0 atom stereocenters. The Kier molecular flexibility index (Phi) is 15.8. The second-order valence-electron chi connectivity index (χ2n) is 8.20. The summed E-state index contributed by atoms with van der Waals surface area (Å²) in [5.74, 6) is 0. The van der Waals surface area contributed by atoms with E-state index in [1.807, 2.05) is 0 Å². The van der Waals surface area contributed by atoms with Gasteiger partial charge in [0, 0.05) is 0 Å². The molecule has 1 radical (unpaired) electrons. The Morgan fingerprint density at radius 1 is 0.500 bits per heavy atom. The molecule has 0 heterocycles. The largest absolute Gasteiger partial charge is 0.0654 e. The van der Waals surface area contributed by atoms with Crippen LogP contribution in [0, 0.1) is 6.07 Å². The molecule has 0 aliphatic rings. The van der Waals surface area contributed by atoms with E-state index in [0.29, 0.717) is 0 Å². The van der Waals surface area contributed by atoms with Crippen LogP contribution in [0.25, 0.3) is 0 Å². The second-order valence-corrected chi connectivity index (χ2v) is 8.20. The molecular weight excluding hydrogens is 312 g/mol. The Balaban J connectivity index is 2.03. The molecule has 1 aromatic carbocycles. The van der Waals surface area contributed by atoms with Crippen molar-refractivity contribution in [1.82, 2.24) is 0 Å². The van der Waals surface area contributed by atoms with E-state index >= 15 is 0 Å². The monoisotopic (exact) mass is 357 g/mol. The Bertz CT molecular complexity index is 371. The molecule has 0 fully saturated rings. The molecule has 0 N–H and O–H groups in total. The predicted molar refractivity (Wildman–Crippen MR) is 118 cm³/mol. The number of aryl methyl sites for hydroxylation is 2. The molecule has 0 amide bonds. The van der Waals surface area contributed by atoms with E-state index in [0.717, 1.165) is 0 Å². The molecule has 0 nitrogen and oxygen atoms in total. The molecule has 0 saturated carbocycles. The highest BCUT2D eigenvalue weighted by Gasteiger charge is 1.99. The van der Waals surface area contributed by atoms with Crippen LogP contribution in [0.3, 0.4) is 0 Å². The second kappa shape index (κ2) is 17.6. The SMILES string of the molecule is CCCCCCCCCCc1c[c]cc(CCCCCCCCCC)c1. The fraction of sp³-hybridized carbons (Fsp3) is 0.769. The molecule has 1 aromatic rings. The van der Waals surface area contributed by atoms with Gasteiger partial charge < -0.3 is 0 Å². The molecule has 0 unspecified atom stereocenters. The maximum absolute atomic E-state index is 3.38. The summed E-state index contributed by atoms with van der Waals surface area (Å²) in [5.41, 5.74) is 3.01. The molecule has 0 aliphatic heterocycles. The Morgan fingerprint density at radius 3 is 1.23 bits per heavy atom. The standard InChI is InChI=1S/C26H45/c1-3-5-7-9-11-13-15-17-20-25-22-19-23-26(24-25)21-18-16-14-12-10-8-6-4-2/h22-24H,3-18,20-21H2,1-2H3. The van der Waals surface area contributed by atoms with E-state index in [4.69, 9.17) is 0 Å². The minimum absolute atomic E-state index is 1.25. The highest BCUT2D eigenvalue weighted by molar-refractivity contribution is 5.22. The van der Waals surface area contributed by atoms with Crippen molar-refractivity contribution in [1.29, 1.82) is 0 Å². The van der Waals surface area contributed by atoms with Crippen molar-refractivity contribution < 1.29 is 0 Å². The molecule has 0 heteroatoms. The van der Waals surface area contributed by atoms with E-state index in [1.165, 1.54) is 127 Å². The van der Waals surface area contributed by atoms with Crippen LogP contribution in [0.2, 0.25) is 0 Å². The van der Waals surface area contributed by atoms with Gasteiger partial charge in [0.1, 0.15) is 0 Å². The highest BCUT2D eigenvalue weighted by atomic mass is 14.0. The van der Waals surface area contributed by atoms with E-state index in [9.17, 15) is 0 Å². The summed E-state index contributed by atoms with van der Waals surface area (Å²) in [4.78, 5) is 0. The summed E-state index contributed by atoms with van der Waals surface area (Å²) in [6.07, 6.45) is 25.0. The predicted octanol–water partition coefficient (Wildman–Crippen LogP) is 8.85. The molecule has 0 aromatic heterocycles. The van der Waals surface area contributed by atoms with Crippen molar-refractivity contribution in [2.75, 3.05) is 0 Å². The van der Waals surface area contributed by atoms with Gasteiger partial charge in [0.2, 0.25) is 0 Å². The van der Waals surface area contributed by atoms with Crippen LogP contribution in [0.15, 0.2) is 18.2 Å². The molecule has 26 heavy (non-hydrogen) atoms. The molecule has 1 rings (SSSR count). The van der Waals surface area contributed by atoms with Gasteiger partial charge in [-0.15, -0.1) is 0 Å². The van der Waals surface area contributed by atoms with Crippen molar-refractivity contribution in [2.45, 2.75) is 129 Å². The number of hydrogen-bond donors (Lipinski definition) is 0. The van der Waals surface area contributed by atoms with Crippen molar-refractivity contribution in [3.8, 4) is 0 Å². The number of benzene rings is 1. The van der Waals surface area contributed by atoms with Gasteiger partial charge in [-0.1, -0.05) is 122 Å². The maximum atomic E-state index is 3.38. The van der Waals surface area contributed by atoms with E-state index in [-0.39, 0.29) is 0 Å². The van der Waals surface area contributed by atoms with Gasteiger partial charge in [-0.2, -0.15) is 0 Å². The number of hydrogen-bond acceptors (Lipinski definition) is 0. The lowest BCUT2D eigenvalue weighted by atomic mass is 10.00. The summed E-state index contributed by atoms with van der Waals surface area (Å²) < 4.78 is 0. The van der Waals surface area contributed by atoms with Crippen LogP contribution >= 0.6 is 0 Å². The van der Waals surface area contributed by atoms with Gasteiger partial charge in [0.05, 0.1) is 0 Å². The fourth-order valence-corrected chi connectivity index (χ4v) is 3.79. The van der Waals surface area contributed by atoms with Gasteiger partial charge in [-0.3, -0.25) is 0 Å². The first-order valence-electron chi connectivity index (χ1n) is 11.9. The third kappa shape index (κ3) is 13.4. The maximum Gasteiger partial charge on any atom is -0.0178 e. The highest BCUT2D eigenvalue weighted by Crippen LogP contribution is 2.15. The number of unbranched alkanes of at least 4 members (excludes halogenated alkanes) is 14. The van der Waals surface area contributed by atoms with Gasteiger partial charge in [0.25, 0.3) is 0 Å². The van der Waals surface area contributed by atoms with Crippen LogP contribution < -0.4 is 0 Å². The first kappa shape index (κ1) is 23.3. The first-order chi connectivity index (χ1) is 12.9. The number of rotatable bonds is 18. The lowest BCUT2D eigenvalue weighted by Crippen LogP contribution is -1.91. The first-order valence-corrected chi connectivity index (χ1v) is 11.9. The van der Waals surface area contributed by atoms with Crippen molar-refractivity contribution in [2.24, 2.45) is 0 Å². The zero-order valence-corrected chi connectivity index (χ0v) is 18.0. The van der Waals surface area contributed by atoms with E-state index in [2.05, 4.69) is 38.1 Å². The minimum Gasteiger partial charge on any atom is -0.0654 e.